The molecule has 1 N–H and O–H groups in total. The molecular formula is C9H21NO4S2. The van der Waals surface area contributed by atoms with E-state index in [0.717, 1.165) is 0 Å². The minimum Gasteiger partial charge on any atom is -0.316 e. The van der Waals surface area contributed by atoms with Crippen molar-refractivity contribution in [2.75, 3.05) is 36.6 Å². The van der Waals surface area contributed by atoms with Crippen LogP contribution in [-0.4, -0.2) is 53.4 Å². The molecule has 98 valence electrons. The highest BCUT2D eigenvalue weighted by Gasteiger charge is 2.08. The zero-order valence-electron chi connectivity index (χ0n) is 9.90. The molecule has 0 aliphatic rings. The van der Waals surface area contributed by atoms with Gasteiger partial charge in [0, 0.05) is 18.6 Å². The quantitative estimate of drug-likeness (QED) is 0.589. The van der Waals surface area contributed by atoms with Crippen LogP contribution in [0, 0.1) is 0 Å². The van der Waals surface area contributed by atoms with E-state index in [-0.39, 0.29) is 17.3 Å². The molecule has 0 saturated carbocycles. The molecule has 0 atom stereocenters. The lowest BCUT2D eigenvalue weighted by atomic mass is 10.5. The zero-order chi connectivity index (χ0) is 12.7. The Hall–Kier alpha value is -0.140. The Morgan fingerprint density at radius 1 is 0.938 bits per heavy atom. The van der Waals surface area contributed by atoms with Crippen molar-refractivity contribution in [2.45, 2.75) is 19.8 Å². The molecule has 0 aromatic rings. The Bertz CT molecular complexity index is 372. The minimum absolute atomic E-state index is 0.125. The molecular weight excluding hydrogens is 250 g/mol. The lowest BCUT2D eigenvalue weighted by Crippen LogP contribution is -2.26. The standard InChI is InChI=1S/C9H21NO4S2/c1-3-7-16(13,14)9-6-10-5-4-8-15(2,11)12/h10H,3-9H2,1-2H3. The number of hydrogen-bond donors (Lipinski definition) is 1. The summed E-state index contributed by atoms with van der Waals surface area (Å²) in [5.41, 5.74) is 0. The van der Waals surface area contributed by atoms with Gasteiger partial charge in [-0.1, -0.05) is 6.92 Å². The van der Waals surface area contributed by atoms with E-state index >= 15 is 0 Å². The van der Waals surface area contributed by atoms with Crippen molar-refractivity contribution >= 4 is 19.7 Å². The monoisotopic (exact) mass is 271 g/mol. The molecule has 16 heavy (non-hydrogen) atoms. The molecule has 0 amide bonds. The largest absolute Gasteiger partial charge is 0.316 e. The summed E-state index contributed by atoms with van der Waals surface area (Å²) in [5, 5.41) is 2.93. The maximum absolute atomic E-state index is 11.3. The highest BCUT2D eigenvalue weighted by Crippen LogP contribution is 1.92. The van der Waals surface area contributed by atoms with E-state index in [4.69, 9.17) is 0 Å². The average molecular weight is 271 g/mol. The third-order valence-corrected chi connectivity index (χ3v) is 4.86. The first-order valence-corrected chi connectivity index (χ1v) is 9.24. The summed E-state index contributed by atoms with van der Waals surface area (Å²) in [6.07, 6.45) is 2.35. The van der Waals surface area contributed by atoms with E-state index in [1.165, 1.54) is 6.26 Å². The normalized spacial score (nSPS) is 12.9. The summed E-state index contributed by atoms with van der Waals surface area (Å²) >= 11 is 0. The predicted molar refractivity (Wildman–Crippen MR) is 66.1 cm³/mol. The van der Waals surface area contributed by atoms with Crippen LogP contribution in [0.25, 0.3) is 0 Å². The van der Waals surface area contributed by atoms with Crippen LogP contribution in [0.2, 0.25) is 0 Å². The summed E-state index contributed by atoms with van der Waals surface area (Å²) in [5.74, 6) is 0.486. The minimum atomic E-state index is -2.93. The molecule has 0 bridgehead atoms. The second-order valence-corrected chi connectivity index (χ2v) is 8.45. The second-order valence-electron chi connectivity index (χ2n) is 3.89. The highest BCUT2D eigenvalue weighted by molar-refractivity contribution is 7.91. The van der Waals surface area contributed by atoms with Crippen molar-refractivity contribution in [1.29, 1.82) is 0 Å². The lowest BCUT2D eigenvalue weighted by molar-refractivity contribution is 0.585. The van der Waals surface area contributed by atoms with E-state index in [1.807, 2.05) is 6.92 Å². The summed E-state index contributed by atoms with van der Waals surface area (Å²) in [6.45, 7) is 2.76. The Kier molecular flexibility index (Phi) is 7.17. The summed E-state index contributed by atoms with van der Waals surface area (Å²) in [6, 6.07) is 0. The predicted octanol–water partition coefficient (Wildman–Crippen LogP) is -0.164. The molecule has 0 spiro atoms. The highest BCUT2D eigenvalue weighted by atomic mass is 32.2. The van der Waals surface area contributed by atoms with Gasteiger partial charge in [-0.3, -0.25) is 0 Å². The van der Waals surface area contributed by atoms with Crippen LogP contribution in [-0.2, 0) is 19.7 Å². The summed E-state index contributed by atoms with van der Waals surface area (Å²) in [4.78, 5) is 0. The fourth-order valence-corrected chi connectivity index (χ4v) is 3.18. The molecule has 0 saturated heterocycles. The molecule has 0 aliphatic heterocycles. The van der Waals surface area contributed by atoms with Gasteiger partial charge in [0.05, 0.1) is 11.5 Å². The molecule has 0 heterocycles. The van der Waals surface area contributed by atoms with Crippen molar-refractivity contribution in [2.24, 2.45) is 0 Å². The van der Waals surface area contributed by atoms with E-state index in [1.54, 1.807) is 0 Å². The van der Waals surface area contributed by atoms with Crippen LogP contribution in [0.5, 0.6) is 0 Å². The average Bonchev–Trinajstić information content (AvgIpc) is 2.09. The fourth-order valence-electron chi connectivity index (χ4n) is 1.23. The first kappa shape index (κ1) is 15.9. The molecule has 0 radical (unpaired) electrons. The van der Waals surface area contributed by atoms with Crippen molar-refractivity contribution in [1.82, 2.24) is 5.32 Å². The smallest absolute Gasteiger partial charge is 0.151 e. The van der Waals surface area contributed by atoms with E-state index in [9.17, 15) is 16.8 Å². The van der Waals surface area contributed by atoms with Crippen LogP contribution in [0.4, 0.5) is 0 Å². The van der Waals surface area contributed by atoms with Gasteiger partial charge in [-0.2, -0.15) is 0 Å². The Labute approximate surface area is 98.5 Å². The van der Waals surface area contributed by atoms with Crippen LogP contribution >= 0.6 is 0 Å². The van der Waals surface area contributed by atoms with Crippen LogP contribution in [0.3, 0.4) is 0 Å². The van der Waals surface area contributed by atoms with Gasteiger partial charge < -0.3 is 5.32 Å². The molecule has 0 aromatic heterocycles. The van der Waals surface area contributed by atoms with Crippen molar-refractivity contribution in [3.05, 3.63) is 0 Å². The zero-order valence-corrected chi connectivity index (χ0v) is 11.5. The van der Waals surface area contributed by atoms with E-state index < -0.39 is 19.7 Å². The first-order valence-electron chi connectivity index (χ1n) is 5.36. The first-order chi connectivity index (χ1) is 7.27. The molecule has 5 nitrogen and oxygen atoms in total. The van der Waals surface area contributed by atoms with Gasteiger partial charge in [0.25, 0.3) is 0 Å². The molecule has 0 unspecified atom stereocenters. The second kappa shape index (κ2) is 7.24. The van der Waals surface area contributed by atoms with Gasteiger partial charge in [0.15, 0.2) is 9.84 Å². The Balaban J connectivity index is 3.55. The van der Waals surface area contributed by atoms with Gasteiger partial charge in [-0.25, -0.2) is 16.8 Å². The number of nitrogens with one attached hydrogen (secondary N) is 1. The number of sulfone groups is 2. The van der Waals surface area contributed by atoms with E-state index in [0.29, 0.717) is 25.9 Å². The van der Waals surface area contributed by atoms with Gasteiger partial charge in [0.1, 0.15) is 9.84 Å². The third-order valence-electron chi connectivity index (χ3n) is 1.97. The Morgan fingerprint density at radius 2 is 1.56 bits per heavy atom. The van der Waals surface area contributed by atoms with Crippen LogP contribution in [0.15, 0.2) is 0 Å². The van der Waals surface area contributed by atoms with Crippen molar-refractivity contribution in [3.8, 4) is 0 Å². The molecule has 7 heteroatoms. The van der Waals surface area contributed by atoms with Crippen molar-refractivity contribution in [3.63, 3.8) is 0 Å². The fraction of sp³-hybridized carbons (Fsp3) is 1.00. The maximum atomic E-state index is 11.3. The maximum Gasteiger partial charge on any atom is 0.151 e. The molecule has 0 rings (SSSR count). The molecule has 0 fully saturated rings. The molecule has 0 aliphatic carbocycles. The summed E-state index contributed by atoms with van der Waals surface area (Å²) in [7, 11) is -5.83. The number of rotatable bonds is 9. The SMILES string of the molecule is CCCS(=O)(=O)CCNCCCS(C)(=O)=O. The lowest BCUT2D eigenvalue weighted by Gasteiger charge is -2.04. The van der Waals surface area contributed by atoms with Gasteiger partial charge in [0.2, 0.25) is 0 Å². The van der Waals surface area contributed by atoms with E-state index in [2.05, 4.69) is 5.32 Å². The van der Waals surface area contributed by atoms with Crippen LogP contribution in [0.1, 0.15) is 19.8 Å². The van der Waals surface area contributed by atoms with Crippen molar-refractivity contribution < 1.29 is 16.8 Å². The Morgan fingerprint density at radius 3 is 2.06 bits per heavy atom. The van der Waals surface area contributed by atoms with Gasteiger partial charge >= 0.3 is 0 Å². The van der Waals surface area contributed by atoms with Gasteiger partial charge in [-0.15, -0.1) is 0 Å². The van der Waals surface area contributed by atoms with Crippen LogP contribution < -0.4 is 5.32 Å². The summed E-state index contributed by atoms with van der Waals surface area (Å²) < 4.78 is 44.1. The topological polar surface area (TPSA) is 80.3 Å². The third kappa shape index (κ3) is 10.4. The molecule has 0 aromatic carbocycles. The number of hydrogen-bond acceptors (Lipinski definition) is 5. The van der Waals surface area contributed by atoms with Gasteiger partial charge in [-0.05, 0) is 19.4 Å².